The lowest BCUT2D eigenvalue weighted by Gasteiger charge is -2.28. The van der Waals surface area contributed by atoms with E-state index in [1.54, 1.807) is 6.20 Å². The van der Waals surface area contributed by atoms with Crippen LogP contribution in [0.4, 0.5) is 0 Å². The molecule has 1 aromatic heterocycles. The van der Waals surface area contributed by atoms with Gasteiger partial charge in [-0.3, -0.25) is 14.4 Å². The van der Waals surface area contributed by atoms with E-state index < -0.39 is 47.9 Å². The lowest BCUT2D eigenvalue weighted by Crippen LogP contribution is -2.59. The van der Waals surface area contributed by atoms with Crippen LogP contribution in [0, 0.1) is 17.8 Å². The Labute approximate surface area is 207 Å². The fourth-order valence-electron chi connectivity index (χ4n) is 3.62. The molecular weight excluding hydrogens is 452 g/mol. The number of nitrogens with two attached hydrogens (primary N) is 1. The SMILES string of the molecule is CCC(C)C(NC(=O)C(N)Cc1cnc[nH]1)C(=O)NC(CC(C)C)C(=O)NC(CC(C)C)C(=O)O. The smallest absolute Gasteiger partial charge is 0.326 e. The summed E-state index contributed by atoms with van der Waals surface area (Å²) in [4.78, 5) is 57.3. The summed E-state index contributed by atoms with van der Waals surface area (Å²) in [5.74, 6) is -2.81. The molecule has 1 aromatic rings. The molecule has 0 fully saturated rings. The van der Waals surface area contributed by atoms with E-state index >= 15 is 0 Å². The van der Waals surface area contributed by atoms with Gasteiger partial charge in [-0.1, -0.05) is 48.0 Å². The van der Waals surface area contributed by atoms with E-state index in [9.17, 15) is 24.3 Å². The lowest BCUT2D eigenvalue weighted by molar-refractivity contribution is -0.143. The standard InChI is InChI=1S/C24H42N6O5/c1-7-15(6)20(30-21(31)17(25)10-16-11-26-12-27-16)23(33)28-18(8-13(2)3)22(32)29-19(24(34)35)9-14(4)5/h11-15,17-20H,7-10,25H2,1-6H3,(H,26,27)(H,28,33)(H,29,32)(H,30,31)(H,34,35). The molecule has 0 aliphatic rings. The summed E-state index contributed by atoms with van der Waals surface area (Å²) in [5, 5.41) is 17.5. The van der Waals surface area contributed by atoms with Gasteiger partial charge in [-0.2, -0.15) is 0 Å². The molecule has 1 rings (SSSR count). The molecule has 5 atom stereocenters. The Kier molecular flexibility index (Phi) is 12.4. The largest absolute Gasteiger partial charge is 0.480 e. The maximum absolute atomic E-state index is 13.2. The second kappa shape index (κ2) is 14.4. The Morgan fingerprint density at radius 2 is 1.51 bits per heavy atom. The summed E-state index contributed by atoms with van der Waals surface area (Å²) < 4.78 is 0. The summed E-state index contributed by atoms with van der Waals surface area (Å²) in [6.07, 6.45) is 4.47. The number of amides is 3. The van der Waals surface area contributed by atoms with Gasteiger partial charge in [0.2, 0.25) is 17.7 Å². The van der Waals surface area contributed by atoms with E-state index in [2.05, 4.69) is 25.9 Å². The molecule has 1 heterocycles. The van der Waals surface area contributed by atoms with Crippen LogP contribution in [0.1, 0.15) is 66.5 Å². The molecular formula is C24H42N6O5. The maximum atomic E-state index is 13.2. The third-order valence-corrected chi connectivity index (χ3v) is 5.79. The molecule has 0 spiro atoms. The van der Waals surface area contributed by atoms with Crippen molar-refractivity contribution in [1.82, 2.24) is 25.9 Å². The zero-order chi connectivity index (χ0) is 26.7. The first-order valence-electron chi connectivity index (χ1n) is 12.2. The molecule has 5 unspecified atom stereocenters. The highest BCUT2D eigenvalue weighted by atomic mass is 16.4. The number of nitrogens with zero attached hydrogens (tertiary/aromatic N) is 1. The number of aromatic nitrogens is 2. The van der Waals surface area contributed by atoms with Crippen molar-refractivity contribution >= 4 is 23.7 Å². The van der Waals surface area contributed by atoms with Gasteiger partial charge in [0.05, 0.1) is 12.4 Å². The number of hydrogen-bond donors (Lipinski definition) is 6. The van der Waals surface area contributed by atoms with E-state index in [4.69, 9.17) is 5.73 Å². The van der Waals surface area contributed by atoms with Gasteiger partial charge >= 0.3 is 5.97 Å². The number of carbonyl (C=O) groups excluding carboxylic acids is 3. The summed E-state index contributed by atoms with van der Waals surface area (Å²) in [6, 6.07) is -3.80. The molecule has 0 aromatic carbocycles. The van der Waals surface area contributed by atoms with Crippen molar-refractivity contribution in [2.24, 2.45) is 23.5 Å². The number of aromatic amines is 1. The molecule has 35 heavy (non-hydrogen) atoms. The summed E-state index contributed by atoms with van der Waals surface area (Å²) in [5.41, 5.74) is 6.72. The molecule has 0 saturated heterocycles. The van der Waals surface area contributed by atoms with Crippen molar-refractivity contribution in [1.29, 1.82) is 0 Å². The molecule has 0 radical (unpaired) electrons. The van der Waals surface area contributed by atoms with Crippen LogP contribution in [0.5, 0.6) is 0 Å². The predicted molar refractivity (Wildman–Crippen MR) is 132 cm³/mol. The molecule has 198 valence electrons. The second-order valence-electron chi connectivity index (χ2n) is 9.98. The van der Waals surface area contributed by atoms with Crippen LogP contribution >= 0.6 is 0 Å². The van der Waals surface area contributed by atoms with Crippen molar-refractivity contribution in [3.05, 3.63) is 18.2 Å². The highest BCUT2D eigenvalue weighted by molar-refractivity contribution is 5.94. The first kappa shape index (κ1) is 30.1. The van der Waals surface area contributed by atoms with Crippen LogP contribution in [0.15, 0.2) is 12.5 Å². The Morgan fingerprint density at radius 1 is 0.943 bits per heavy atom. The summed E-state index contributed by atoms with van der Waals surface area (Å²) >= 11 is 0. The second-order valence-corrected chi connectivity index (χ2v) is 9.98. The molecule has 0 saturated carbocycles. The highest BCUT2D eigenvalue weighted by Crippen LogP contribution is 2.12. The van der Waals surface area contributed by atoms with Gasteiger partial charge in [0.1, 0.15) is 18.1 Å². The average Bonchev–Trinajstić information content (AvgIpc) is 3.27. The van der Waals surface area contributed by atoms with E-state index in [1.807, 2.05) is 41.5 Å². The number of aliphatic carboxylic acids is 1. The number of carboxylic acid groups (broad SMARTS) is 1. The van der Waals surface area contributed by atoms with Crippen molar-refractivity contribution in [3.8, 4) is 0 Å². The first-order valence-corrected chi connectivity index (χ1v) is 12.2. The van der Waals surface area contributed by atoms with Gasteiger partial charge < -0.3 is 31.8 Å². The number of nitrogens with one attached hydrogen (secondary N) is 4. The molecule has 0 aliphatic heterocycles. The van der Waals surface area contributed by atoms with Crippen molar-refractivity contribution in [2.45, 2.75) is 91.4 Å². The minimum Gasteiger partial charge on any atom is -0.480 e. The Morgan fingerprint density at radius 3 is 2.00 bits per heavy atom. The van der Waals surface area contributed by atoms with Gasteiger partial charge in [0.15, 0.2) is 0 Å². The van der Waals surface area contributed by atoms with Crippen molar-refractivity contribution < 1.29 is 24.3 Å². The minimum atomic E-state index is -1.13. The van der Waals surface area contributed by atoms with Crippen LogP contribution in [-0.4, -0.2) is 62.9 Å². The van der Waals surface area contributed by atoms with Crippen LogP contribution in [-0.2, 0) is 25.6 Å². The van der Waals surface area contributed by atoms with E-state index in [0.717, 1.165) is 0 Å². The maximum Gasteiger partial charge on any atom is 0.326 e. The molecule has 11 heteroatoms. The Bertz CT molecular complexity index is 826. The van der Waals surface area contributed by atoms with E-state index in [1.165, 1.54) is 6.33 Å². The molecule has 0 aliphatic carbocycles. The topological polar surface area (TPSA) is 179 Å². The van der Waals surface area contributed by atoms with Crippen LogP contribution in [0.25, 0.3) is 0 Å². The normalized spacial score (nSPS) is 15.7. The quantitative estimate of drug-likeness (QED) is 0.210. The average molecular weight is 495 g/mol. The number of carboxylic acids is 1. The lowest BCUT2D eigenvalue weighted by atomic mass is 9.96. The van der Waals surface area contributed by atoms with E-state index in [-0.39, 0.29) is 30.6 Å². The summed E-state index contributed by atoms with van der Waals surface area (Å²) in [6.45, 7) is 11.3. The molecule has 3 amide bonds. The van der Waals surface area contributed by atoms with Crippen LogP contribution in [0.3, 0.4) is 0 Å². The van der Waals surface area contributed by atoms with Gasteiger partial charge in [-0.05, 0) is 30.6 Å². The van der Waals surface area contributed by atoms with Gasteiger partial charge in [0, 0.05) is 18.3 Å². The summed E-state index contributed by atoms with van der Waals surface area (Å²) in [7, 11) is 0. The Balaban J connectivity index is 2.97. The number of rotatable bonds is 15. The fraction of sp³-hybridized carbons (Fsp3) is 0.708. The van der Waals surface area contributed by atoms with Gasteiger partial charge in [-0.15, -0.1) is 0 Å². The fourth-order valence-corrected chi connectivity index (χ4v) is 3.62. The zero-order valence-electron chi connectivity index (χ0n) is 21.6. The highest BCUT2D eigenvalue weighted by Gasteiger charge is 2.33. The molecule has 11 nitrogen and oxygen atoms in total. The molecule has 0 bridgehead atoms. The number of hydrogen-bond acceptors (Lipinski definition) is 6. The third kappa shape index (κ3) is 10.5. The van der Waals surface area contributed by atoms with Gasteiger partial charge in [0.25, 0.3) is 0 Å². The van der Waals surface area contributed by atoms with Crippen LogP contribution < -0.4 is 21.7 Å². The zero-order valence-corrected chi connectivity index (χ0v) is 21.6. The predicted octanol–water partition coefficient (Wildman–Crippen LogP) is 0.957. The third-order valence-electron chi connectivity index (χ3n) is 5.79. The van der Waals surface area contributed by atoms with Crippen molar-refractivity contribution in [2.75, 3.05) is 0 Å². The Hall–Kier alpha value is -2.95. The number of H-pyrrole nitrogens is 1. The van der Waals surface area contributed by atoms with E-state index in [0.29, 0.717) is 18.5 Å². The minimum absolute atomic E-state index is 0.0545. The van der Waals surface area contributed by atoms with Gasteiger partial charge in [-0.25, -0.2) is 9.78 Å². The molecule has 7 N–H and O–H groups in total. The number of carbonyl (C=O) groups is 4. The first-order chi connectivity index (χ1) is 16.3. The van der Waals surface area contributed by atoms with Crippen LogP contribution in [0.2, 0.25) is 0 Å². The number of imidazole rings is 1. The monoisotopic (exact) mass is 494 g/mol. The van der Waals surface area contributed by atoms with Crippen molar-refractivity contribution in [3.63, 3.8) is 0 Å².